The number of benzene rings is 2. The van der Waals surface area contributed by atoms with Crippen molar-refractivity contribution >= 4 is 0 Å². The van der Waals surface area contributed by atoms with Crippen LogP contribution in [0.15, 0.2) is 36.4 Å². The Bertz CT molecular complexity index is 540. The predicted octanol–water partition coefficient (Wildman–Crippen LogP) is 2.90. The van der Waals surface area contributed by atoms with E-state index in [2.05, 4.69) is 0 Å². The Balaban J connectivity index is 2.16. The van der Waals surface area contributed by atoms with Gasteiger partial charge in [0.1, 0.15) is 23.0 Å². The molecule has 20 heavy (non-hydrogen) atoms. The van der Waals surface area contributed by atoms with Crippen LogP contribution in [0, 0.1) is 0 Å². The van der Waals surface area contributed by atoms with Crippen molar-refractivity contribution < 1.29 is 19.7 Å². The Morgan fingerprint density at radius 1 is 0.750 bits per heavy atom. The fraction of sp³-hybridized carbons (Fsp3) is 0.250. The summed E-state index contributed by atoms with van der Waals surface area (Å²) >= 11 is 0. The van der Waals surface area contributed by atoms with Gasteiger partial charge in [-0.1, -0.05) is 12.1 Å². The van der Waals surface area contributed by atoms with E-state index in [1.807, 2.05) is 12.1 Å². The van der Waals surface area contributed by atoms with Crippen LogP contribution in [-0.4, -0.2) is 24.4 Å². The van der Waals surface area contributed by atoms with E-state index in [1.54, 1.807) is 38.5 Å². The van der Waals surface area contributed by atoms with Gasteiger partial charge in [-0.3, -0.25) is 0 Å². The van der Waals surface area contributed by atoms with Crippen molar-refractivity contribution in [1.29, 1.82) is 0 Å². The molecule has 0 aliphatic heterocycles. The van der Waals surface area contributed by atoms with Crippen molar-refractivity contribution in [2.24, 2.45) is 0 Å². The maximum atomic E-state index is 9.44. The van der Waals surface area contributed by atoms with Crippen molar-refractivity contribution in [3.8, 4) is 23.0 Å². The van der Waals surface area contributed by atoms with Crippen LogP contribution in [0.5, 0.6) is 23.0 Å². The highest BCUT2D eigenvalue weighted by Crippen LogP contribution is 2.28. The van der Waals surface area contributed by atoms with Gasteiger partial charge in [-0.25, -0.2) is 0 Å². The number of aryl methyl sites for hydroxylation is 2. The molecule has 0 unspecified atom stereocenters. The number of aromatic hydroxyl groups is 2. The number of hydrogen-bond donors (Lipinski definition) is 2. The molecule has 4 heteroatoms. The van der Waals surface area contributed by atoms with E-state index >= 15 is 0 Å². The van der Waals surface area contributed by atoms with Crippen LogP contribution in [0.3, 0.4) is 0 Å². The summed E-state index contributed by atoms with van der Waals surface area (Å²) < 4.78 is 10.5. The Hall–Kier alpha value is -2.36. The minimum absolute atomic E-state index is 0.188. The molecule has 2 N–H and O–H groups in total. The van der Waals surface area contributed by atoms with Crippen molar-refractivity contribution in [3.63, 3.8) is 0 Å². The quantitative estimate of drug-likeness (QED) is 0.880. The van der Waals surface area contributed by atoms with Gasteiger partial charge < -0.3 is 19.7 Å². The molecule has 4 nitrogen and oxygen atoms in total. The molecule has 0 amide bonds. The van der Waals surface area contributed by atoms with Crippen LogP contribution in [0.25, 0.3) is 0 Å². The molecule has 2 aromatic carbocycles. The number of ether oxygens (including phenoxy) is 2. The zero-order chi connectivity index (χ0) is 14.5. The SMILES string of the molecule is COc1cc(O)ccc1CCc1ccc(O)cc1OC. The molecule has 0 fully saturated rings. The first-order valence-corrected chi connectivity index (χ1v) is 6.36. The number of phenolic OH excluding ortho intramolecular Hbond substituents is 2. The molecule has 0 saturated heterocycles. The molecule has 0 bridgehead atoms. The summed E-state index contributed by atoms with van der Waals surface area (Å²) in [6.45, 7) is 0. The van der Waals surface area contributed by atoms with Gasteiger partial charge in [-0.15, -0.1) is 0 Å². The highest BCUT2D eigenvalue weighted by Gasteiger charge is 2.08. The summed E-state index contributed by atoms with van der Waals surface area (Å²) in [6.07, 6.45) is 1.51. The lowest BCUT2D eigenvalue weighted by atomic mass is 10.0. The Kier molecular flexibility index (Phi) is 4.35. The van der Waals surface area contributed by atoms with E-state index in [0.29, 0.717) is 11.5 Å². The molecule has 0 aliphatic carbocycles. The van der Waals surface area contributed by atoms with Gasteiger partial charge >= 0.3 is 0 Å². The molecule has 0 saturated carbocycles. The van der Waals surface area contributed by atoms with E-state index in [9.17, 15) is 10.2 Å². The second-order valence-electron chi connectivity index (χ2n) is 4.49. The van der Waals surface area contributed by atoms with Gasteiger partial charge in [0.15, 0.2) is 0 Å². The van der Waals surface area contributed by atoms with Crippen LogP contribution in [-0.2, 0) is 12.8 Å². The van der Waals surface area contributed by atoms with Gasteiger partial charge in [0.25, 0.3) is 0 Å². The van der Waals surface area contributed by atoms with Gasteiger partial charge in [-0.2, -0.15) is 0 Å². The lowest BCUT2D eigenvalue weighted by Crippen LogP contribution is -1.97. The van der Waals surface area contributed by atoms with Crippen LogP contribution in [0.1, 0.15) is 11.1 Å². The van der Waals surface area contributed by atoms with E-state index in [4.69, 9.17) is 9.47 Å². The monoisotopic (exact) mass is 274 g/mol. The number of methoxy groups -OCH3 is 2. The Morgan fingerprint density at radius 2 is 1.15 bits per heavy atom. The van der Waals surface area contributed by atoms with E-state index < -0.39 is 0 Å². The highest BCUT2D eigenvalue weighted by molar-refractivity contribution is 5.43. The molecular formula is C16H18O4. The van der Waals surface area contributed by atoms with Gasteiger partial charge in [0, 0.05) is 12.1 Å². The van der Waals surface area contributed by atoms with Crippen LogP contribution >= 0.6 is 0 Å². The summed E-state index contributed by atoms with van der Waals surface area (Å²) in [7, 11) is 3.17. The third kappa shape index (κ3) is 3.15. The van der Waals surface area contributed by atoms with E-state index in [1.165, 1.54) is 0 Å². The molecular weight excluding hydrogens is 256 g/mol. The second kappa shape index (κ2) is 6.19. The molecule has 0 aliphatic rings. The molecule has 0 aromatic heterocycles. The third-order valence-corrected chi connectivity index (χ3v) is 3.20. The topological polar surface area (TPSA) is 58.9 Å². The van der Waals surface area contributed by atoms with Crippen molar-refractivity contribution in [1.82, 2.24) is 0 Å². The minimum Gasteiger partial charge on any atom is -0.508 e. The number of hydrogen-bond acceptors (Lipinski definition) is 4. The third-order valence-electron chi connectivity index (χ3n) is 3.20. The maximum Gasteiger partial charge on any atom is 0.125 e. The normalized spacial score (nSPS) is 10.3. The summed E-state index contributed by atoms with van der Waals surface area (Å²) in [5.41, 5.74) is 2.03. The van der Waals surface area contributed by atoms with Gasteiger partial charge in [0.2, 0.25) is 0 Å². The lowest BCUT2D eigenvalue weighted by molar-refractivity contribution is 0.399. The van der Waals surface area contributed by atoms with E-state index in [-0.39, 0.29) is 11.5 Å². The summed E-state index contributed by atoms with van der Waals surface area (Å²) in [5.74, 6) is 1.71. The standard InChI is InChI=1S/C16H18O4/c1-19-15-9-13(17)7-5-11(15)3-4-12-6-8-14(18)10-16(12)20-2/h5-10,17-18H,3-4H2,1-2H3. The number of rotatable bonds is 5. The van der Waals surface area contributed by atoms with Crippen molar-refractivity contribution in [2.75, 3.05) is 14.2 Å². The first-order chi connectivity index (χ1) is 9.63. The summed E-state index contributed by atoms with van der Waals surface area (Å²) in [5, 5.41) is 18.9. The predicted molar refractivity (Wildman–Crippen MR) is 76.7 cm³/mol. The maximum absolute atomic E-state index is 9.44. The average molecular weight is 274 g/mol. The minimum atomic E-state index is 0.188. The average Bonchev–Trinajstić information content (AvgIpc) is 2.46. The molecule has 0 heterocycles. The molecule has 2 rings (SSSR count). The lowest BCUT2D eigenvalue weighted by Gasteiger charge is -2.11. The summed E-state index contributed by atoms with van der Waals surface area (Å²) in [4.78, 5) is 0. The Morgan fingerprint density at radius 3 is 1.50 bits per heavy atom. The van der Waals surface area contributed by atoms with Gasteiger partial charge in [-0.05, 0) is 36.1 Å². The molecule has 2 aromatic rings. The molecule has 106 valence electrons. The molecule has 0 atom stereocenters. The first kappa shape index (κ1) is 14.1. The second-order valence-corrected chi connectivity index (χ2v) is 4.49. The smallest absolute Gasteiger partial charge is 0.125 e. The van der Waals surface area contributed by atoms with Crippen LogP contribution in [0.4, 0.5) is 0 Å². The fourth-order valence-electron chi connectivity index (χ4n) is 2.15. The Labute approximate surface area is 118 Å². The molecule has 0 radical (unpaired) electrons. The van der Waals surface area contributed by atoms with Gasteiger partial charge in [0.05, 0.1) is 14.2 Å². The van der Waals surface area contributed by atoms with Crippen molar-refractivity contribution in [2.45, 2.75) is 12.8 Å². The van der Waals surface area contributed by atoms with Crippen molar-refractivity contribution in [3.05, 3.63) is 47.5 Å². The largest absolute Gasteiger partial charge is 0.508 e. The highest BCUT2D eigenvalue weighted by atomic mass is 16.5. The van der Waals surface area contributed by atoms with Crippen LogP contribution < -0.4 is 9.47 Å². The van der Waals surface area contributed by atoms with Crippen LogP contribution in [0.2, 0.25) is 0 Å². The zero-order valence-corrected chi connectivity index (χ0v) is 11.6. The fourth-order valence-corrected chi connectivity index (χ4v) is 2.15. The first-order valence-electron chi connectivity index (χ1n) is 6.36. The zero-order valence-electron chi connectivity index (χ0n) is 11.6. The summed E-state index contributed by atoms with van der Waals surface area (Å²) in [6, 6.07) is 10.2. The van der Waals surface area contributed by atoms with E-state index in [0.717, 1.165) is 24.0 Å². The number of phenols is 2. The molecule has 0 spiro atoms.